The van der Waals surface area contributed by atoms with Gasteiger partial charge in [-0.1, -0.05) is 0 Å². The Hall–Kier alpha value is -1.64. The average Bonchev–Trinajstić information content (AvgIpc) is 2.25. The van der Waals surface area contributed by atoms with Crippen molar-refractivity contribution in [1.29, 1.82) is 0 Å². The standard InChI is InChI=1S/C9H6ClF5N2O2/c10-2-4-3(7(11)12)1-5(19-9(13,14)15)6(17-4)8(16)18/h1,7H,2H2,(H2,16,18). The molecule has 0 saturated heterocycles. The molecule has 0 fully saturated rings. The highest BCUT2D eigenvalue weighted by Crippen LogP contribution is 2.32. The van der Waals surface area contributed by atoms with Crippen molar-refractivity contribution in [3.8, 4) is 5.75 Å². The first-order valence-corrected chi connectivity index (χ1v) is 5.12. The summed E-state index contributed by atoms with van der Waals surface area (Å²) >= 11 is 5.33. The summed E-state index contributed by atoms with van der Waals surface area (Å²) in [5.74, 6) is -3.07. The van der Waals surface area contributed by atoms with E-state index in [0.29, 0.717) is 6.07 Å². The van der Waals surface area contributed by atoms with Gasteiger partial charge in [-0.15, -0.1) is 24.8 Å². The summed E-state index contributed by atoms with van der Waals surface area (Å²) in [5.41, 5.74) is 2.58. The number of halogens is 6. The highest BCUT2D eigenvalue weighted by atomic mass is 35.5. The number of carbonyl (C=O) groups is 1. The number of aromatic nitrogens is 1. The monoisotopic (exact) mass is 304 g/mol. The van der Waals surface area contributed by atoms with E-state index in [0.717, 1.165) is 0 Å². The molecule has 0 aliphatic carbocycles. The maximum absolute atomic E-state index is 12.6. The zero-order valence-electron chi connectivity index (χ0n) is 8.97. The SMILES string of the molecule is NC(=O)c1nc(CCl)c(C(F)F)cc1OC(F)(F)F. The van der Waals surface area contributed by atoms with E-state index in [9.17, 15) is 26.7 Å². The van der Waals surface area contributed by atoms with Gasteiger partial charge in [0.15, 0.2) is 11.4 Å². The summed E-state index contributed by atoms with van der Waals surface area (Å²) < 4.78 is 64.9. The van der Waals surface area contributed by atoms with Crippen LogP contribution in [0.3, 0.4) is 0 Å². The van der Waals surface area contributed by atoms with E-state index in [4.69, 9.17) is 17.3 Å². The van der Waals surface area contributed by atoms with Gasteiger partial charge in [-0.25, -0.2) is 13.8 Å². The molecule has 0 saturated carbocycles. The maximum Gasteiger partial charge on any atom is 0.573 e. The highest BCUT2D eigenvalue weighted by molar-refractivity contribution is 6.17. The van der Waals surface area contributed by atoms with Crippen molar-refractivity contribution >= 4 is 17.5 Å². The predicted octanol–water partition coefficient (Wildman–Crippen LogP) is 2.76. The van der Waals surface area contributed by atoms with Gasteiger partial charge >= 0.3 is 6.36 Å². The Morgan fingerprint density at radius 3 is 2.42 bits per heavy atom. The average molecular weight is 305 g/mol. The number of rotatable bonds is 4. The first-order valence-electron chi connectivity index (χ1n) is 4.59. The number of carbonyl (C=O) groups excluding carboxylic acids is 1. The quantitative estimate of drug-likeness (QED) is 0.687. The third-order valence-corrected chi connectivity index (χ3v) is 2.17. The first kappa shape index (κ1) is 15.4. The molecule has 0 radical (unpaired) electrons. The van der Waals surface area contributed by atoms with E-state index >= 15 is 0 Å². The minimum atomic E-state index is -5.17. The highest BCUT2D eigenvalue weighted by Gasteiger charge is 2.34. The van der Waals surface area contributed by atoms with Crippen molar-refractivity contribution in [2.24, 2.45) is 5.73 Å². The molecule has 0 bridgehead atoms. The van der Waals surface area contributed by atoms with Crippen LogP contribution in [0, 0.1) is 0 Å². The molecule has 1 aromatic heterocycles. The van der Waals surface area contributed by atoms with Gasteiger partial charge in [0.2, 0.25) is 0 Å². The van der Waals surface area contributed by atoms with Crippen molar-refractivity contribution < 1.29 is 31.5 Å². The first-order chi connectivity index (χ1) is 8.65. The summed E-state index contributed by atoms with van der Waals surface area (Å²) in [6.45, 7) is 0. The van der Waals surface area contributed by atoms with Crippen LogP contribution in [0.2, 0.25) is 0 Å². The molecule has 10 heteroatoms. The third kappa shape index (κ3) is 3.91. The van der Waals surface area contributed by atoms with Crippen LogP contribution in [0.1, 0.15) is 28.2 Å². The largest absolute Gasteiger partial charge is 0.573 e. The molecule has 0 spiro atoms. The summed E-state index contributed by atoms with van der Waals surface area (Å²) in [7, 11) is 0. The van der Waals surface area contributed by atoms with Crippen LogP contribution in [0.25, 0.3) is 0 Å². The third-order valence-electron chi connectivity index (χ3n) is 1.92. The zero-order chi connectivity index (χ0) is 14.8. The molecule has 19 heavy (non-hydrogen) atoms. The number of hydrogen-bond donors (Lipinski definition) is 1. The van der Waals surface area contributed by atoms with Gasteiger partial charge in [-0.2, -0.15) is 0 Å². The fourth-order valence-electron chi connectivity index (χ4n) is 1.22. The van der Waals surface area contributed by atoms with Crippen LogP contribution in [0.5, 0.6) is 5.75 Å². The molecule has 2 N–H and O–H groups in total. The van der Waals surface area contributed by atoms with Crippen LogP contribution in [-0.2, 0) is 5.88 Å². The molecular weight excluding hydrogens is 299 g/mol. The number of hydrogen-bond acceptors (Lipinski definition) is 3. The fraction of sp³-hybridized carbons (Fsp3) is 0.333. The lowest BCUT2D eigenvalue weighted by molar-refractivity contribution is -0.274. The molecule has 1 amide bonds. The van der Waals surface area contributed by atoms with Gasteiger partial charge in [-0.3, -0.25) is 4.79 Å². The topological polar surface area (TPSA) is 65.2 Å². The Morgan fingerprint density at radius 1 is 1.47 bits per heavy atom. The van der Waals surface area contributed by atoms with Crippen LogP contribution >= 0.6 is 11.6 Å². The van der Waals surface area contributed by atoms with Gasteiger partial charge in [0.25, 0.3) is 12.3 Å². The molecule has 0 aromatic carbocycles. The lowest BCUT2D eigenvalue weighted by atomic mass is 10.1. The second-order valence-corrected chi connectivity index (χ2v) is 3.48. The Bertz CT molecular complexity index is 492. The lowest BCUT2D eigenvalue weighted by Crippen LogP contribution is -2.23. The summed E-state index contributed by atoms with van der Waals surface area (Å²) in [5, 5.41) is 0. The summed E-state index contributed by atoms with van der Waals surface area (Å²) in [6, 6.07) is 0.350. The van der Waals surface area contributed by atoms with Gasteiger partial charge in [-0.05, 0) is 6.07 Å². The van der Waals surface area contributed by atoms with Crippen LogP contribution in [0.4, 0.5) is 22.0 Å². The number of nitrogens with zero attached hydrogens (tertiary/aromatic N) is 1. The molecule has 1 rings (SSSR count). The Kier molecular flexibility index (Phi) is 4.51. The van der Waals surface area contributed by atoms with Crippen LogP contribution < -0.4 is 10.5 Å². The maximum atomic E-state index is 12.6. The fourth-order valence-corrected chi connectivity index (χ4v) is 1.44. The molecule has 106 valence electrons. The molecule has 0 unspecified atom stereocenters. The molecule has 1 heterocycles. The number of ether oxygens (including phenoxy) is 1. The van der Waals surface area contributed by atoms with Crippen LogP contribution in [-0.4, -0.2) is 17.3 Å². The molecule has 0 aliphatic rings. The minimum Gasteiger partial charge on any atom is -0.403 e. The van der Waals surface area contributed by atoms with Crippen molar-refractivity contribution in [1.82, 2.24) is 4.98 Å². The zero-order valence-corrected chi connectivity index (χ0v) is 9.73. The van der Waals surface area contributed by atoms with Gasteiger partial charge in [0.05, 0.1) is 11.6 Å². The van der Waals surface area contributed by atoms with Gasteiger partial charge in [0.1, 0.15) is 0 Å². The second-order valence-electron chi connectivity index (χ2n) is 3.22. The molecular formula is C9H6ClF5N2O2. The molecule has 4 nitrogen and oxygen atoms in total. The van der Waals surface area contributed by atoms with Gasteiger partial charge < -0.3 is 10.5 Å². The van der Waals surface area contributed by atoms with Crippen molar-refractivity contribution in [2.45, 2.75) is 18.7 Å². The number of amides is 1. The Labute approximate surface area is 108 Å². The summed E-state index contributed by atoms with van der Waals surface area (Å²) in [4.78, 5) is 14.2. The predicted molar refractivity (Wildman–Crippen MR) is 54.0 cm³/mol. The second kappa shape index (κ2) is 5.55. The van der Waals surface area contributed by atoms with E-state index in [1.807, 2.05) is 0 Å². The summed E-state index contributed by atoms with van der Waals surface area (Å²) in [6.07, 6.45) is -8.30. The molecule has 0 aliphatic heterocycles. The number of primary amides is 1. The van der Waals surface area contributed by atoms with Gasteiger partial charge in [0, 0.05) is 5.56 Å². The minimum absolute atomic E-state index is 0.350. The number of nitrogens with two attached hydrogens (primary N) is 1. The smallest absolute Gasteiger partial charge is 0.403 e. The lowest BCUT2D eigenvalue weighted by Gasteiger charge is -2.14. The normalized spacial score (nSPS) is 11.7. The van der Waals surface area contributed by atoms with Crippen molar-refractivity contribution in [3.05, 3.63) is 23.0 Å². The number of alkyl halides is 6. The Balaban J connectivity index is 3.41. The number of pyridine rings is 1. The van der Waals surface area contributed by atoms with Crippen molar-refractivity contribution in [3.63, 3.8) is 0 Å². The Morgan fingerprint density at radius 2 is 2.05 bits per heavy atom. The van der Waals surface area contributed by atoms with E-state index in [2.05, 4.69) is 9.72 Å². The van der Waals surface area contributed by atoms with E-state index < -0.39 is 47.3 Å². The van der Waals surface area contributed by atoms with Crippen molar-refractivity contribution in [2.75, 3.05) is 0 Å². The molecule has 0 atom stereocenters. The van der Waals surface area contributed by atoms with E-state index in [-0.39, 0.29) is 0 Å². The molecule has 1 aromatic rings. The van der Waals surface area contributed by atoms with E-state index in [1.165, 1.54) is 0 Å². The van der Waals surface area contributed by atoms with Crippen LogP contribution in [0.15, 0.2) is 6.07 Å². The van der Waals surface area contributed by atoms with E-state index in [1.54, 1.807) is 0 Å².